The minimum absolute atomic E-state index is 0.605. The van der Waals surface area contributed by atoms with Crippen molar-refractivity contribution in [3.8, 4) is 0 Å². The van der Waals surface area contributed by atoms with Crippen molar-refractivity contribution in [1.29, 1.82) is 0 Å². The first-order chi connectivity index (χ1) is 9.88. The third-order valence-corrected chi connectivity index (χ3v) is 7.63. The second kappa shape index (κ2) is 6.63. The Morgan fingerprint density at radius 2 is 1.24 bits per heavy atom. The van der Waals surface area contributed by atoms with E-state index in [4.69, 9.17) is 0 Å². The quantitative estimate of drug-likeness (QED) is 0.519. The van der Waals surface area contributed by atoms with Crippen LogP contribution in [-0.4, -0.2) is 0 Å². The largest absolute Gasteiger partial charge is 0.0625 e. The van der Waals surface area contributed by atoms with Crippen molar-refractivity contribution in [3.05, 3.63) is 0 Å². The molecule has 0 aromatic heterocycles. The molecule has 2 saturated carbocycles. The van der Waals surface area contributed by atoms with E-state index in [9.17, 15) is 0 Å². The van der Waals surface area contributed by atoms with Crippen molar-refractivity contribution in [2.45, 2.75) is 99.3 Å². The Hall–Kier alpha value is 0. The van der Waals surface area contributed by atoms with Crippen LogP contribution in [0.25, 0.3) is 0 Å². The fourth-order valence-corrected chi connectivity index (χ4v) is 6.83. The topological polar surface area (TPSA) is 0 Å². The normalized spacial score (nSPS) is 33.9. The Kier molecular flexibility index (Phi) is 5.48. The molecule has 0 radical (unpaired) electrons. The van der Waals surface area contributed by atoms with E-state index in [1.807, 2.05) is 0 Å². The molecule has 0 aromatic rings. The van der Waals surface area contributed by atoms with Crippen LogP contribution in [0.5, 0.6) is 0 Å². The molecule has 0 heterocycles. The van der Waals surface area contributed by atoms with E-state index in [2.05, 4.69) is 41.5 Å². The van der Waals surface area contributed by atoms with Crippen molar-refractivity contribution < 1.29 is 0 Å². The average molecular weight is 293 g/mol. The molecule has 0 aliphatic heterocycles. The van der Waals surface area contributed by atoms with Crippen molar-refractivity contribution in [2.75, 3.05) is 0 Å². The van der Waals surface area contributed by atoms with Crippen molar-refractivity contribution in [1.82, 2.24) is 0 Å². The fraction of sp³-hybridized carbons (Fsp3) is 1.00. The van der Waals surface area contributed by atoms with Gasteiger partial charge in [0.15, 0.2) is 0 Å². The molecule has 2 aliphatic carbocycles. The van der Waals surface area contributed by atoms with Gasteiger partial charge >= 0.3 is 0 Å². The lowest BCUT2D eigenvalue weighted by atomic mass is 9.41. The molecule has 0 spiro atoms. The second-order valence-corrected chi connectivity index (χ2v) is 9.16. The highest BCUT2D eigenvalue weighted by molar-refractivity contribution is 5.07. The van der Waals surface area contributed by atoms with Crippen LogP contribution < -0.4 is 0 Å². The van der Waals surface area contributed by atoms with Gasteiger partial charge in [-0.3, -0.25) is 0 Å². The zero-order chi connectivity index (χ0) is 15.7. The summed E-state index contributed by atoms with van der Waals surface area (Å²) in [5, 5.41) is 0. The summed E-state index contributed by atoms with van der Waals surface area (Å²) >= 11 is 0. The van der Waals surface area contributed by atoms with Gasteiger partial charge in [0.1, 0.15) is 0 Å². The van der Waals surface area contributed by atoms with Crippen LogP contribution >= 0.6 is 0 Å². The van der Waals surface area contributed by atoms with Gasteiger partial charge in [-0.15, -0.1) is 0 Å². The van der Waals surface area contributed by atoms with E-state index < -0.39 is 0 Å². The van der Waals surface area contributed by atoms with E-state index in [1.54, 1.807) is 0 Å². The molecule has 0 amide bonds. The summed E-state index contributed by atoms with van der Waals surface area (Å²) in [7, 11) is 0. The maximum atomic E-state index is 2.55. The summed E-state index contributed by atoms with van der Waals surface area (Å²) in [4.78, 5) is 0. The summed E-state index contributed by atoms with van der Waals surface area (Å²) in [5.74, 6) is 3.49. The lowest BCUT2D eigenvalue weighted by Gasteiger charge is -2.64. The van der Waals surface area contributed by atoms with E-state index in [1.165, 1.54) is 57.8 Å². The summed E-state index contributed by atoms with van der Waals surface area (Å²) in [6, 6.07) is 0. The average Bonchev–Trinajstić information content (AvgIpc) is 2.47. The smallest absolute Gasteiger partial charge is 0.0185 e. The van der Waals surface area contributed by atoms with E-state index in [0.717, 1.165) is 23.7 Å². The zero-order valence-electron chi connectivity index (χ0n) is 15.7. The Morgan fingerprint density at radius 3 is 1.71 bits per heavy atom. The van der Waals surface area contributed by atoms with Crippen LogP contribution in [0.4, 0.5) is 0 Å². The molecule has 0 bridgehead atoms. The van der Waals surface area contributed by atoms with Crippen LogP contribution in [0, 0.1) is 34.5 Å². The molecule has 21 heavy (non-hydrogen) atoms. The molecule has 2 aliphatic rings. The minimum atomic E-state index is 0.605. The van der Waals surface area contributed by atoms with Crippen LogP contribution in [0.3, 0.4) is 0 Å². The van der Waals surface area contributed by atoms with Crippen LogP contribution in [0.2, 0.25) is 0 Å². The molecule has 0 aromatic carbocycles. The molecular weight excluding hydrogens is 252 g/mol. The molecule has 0 saturated heterocycles. The first kappa shape index (κ1) is 17.4. The van der Waals surface area contributed by atoms with Crippen molar-refractivity contribution in [2.24, 2.45) is 34.5 Å². The van der Waals surface area contributed by atoms with Gasteiger partial charge in [-0.05, 0) is 60.2 Å². The Balaban J connectivity index is 2.51. The Labute approximate surface area is 134 Å². The van der Waals surface area contributed by atoms with Crippen molar-refractivity contribution >= 4 is 0 Å². The maximum Gasteiger partial charge on any atom is -0.0185 e. The summed E-state index contributed by atoms with van der Waals surface area (Å²) in [5.41, 5.74) is 1.22. The number of hydrogen-bond donors (Lipinski definition) is 0. The standard InChI is InChI=1S/C21H40/c1-16(2)19-12-8-11-15-21(19,18(5)6)20(17(3)4)13-9-7-10-14-20/h16-19H,7-15H2,1-6H3. The van der Waals surface area contributed by atoms with Gasteiger partial charge in [-0.25, -0.2) is 0 Å². The molecule has 124 valence electrons. The predicted octanol–water partition coefficient (Wildman–Crippen LogP) is 7.08. The van der Waals surface area contributed by atoms with Gasteiger partial charge in [0.05, 0.1) is 0 Å². The molecule has 0 N–H and O–H groups in total. The third-order valence-electron chi connectivity index (χ3n) is 7.63. The molecular formula is C21H40. The minimum Gasteiger partial charge on any atom is -0.0625 e. The maximum absolute atomic E-state index is 2.55. The summed E-state index contributed by atoms with van der Waals surface area (Å²) in [6.07, 6.45) is 13.4. The monoisotopic (exact) mass is 292 g/mol. The van der Waals surface area contributed by atoms with E-state index in [0.29, 0.717) is 10.8 Å². The molecule has 0 nitrogen and oxygen atoms in total. The highest BCUT2D eigenvalue weighted by Gasteiger charge is 2.58. The number of rotatable bonds is 4. The fourth-order valence-electron chi connectivity index (χ4n) is 6.83. The molecule has 2 rings (SSSR count). The van der Waals surface area contributed by atoms with Crippen LogP contribution in [-0.2, 0) is 0 Å². The van der Waals surface area contributed by atoms with E-state index in [-0.39, 0.29) is 0 Å². The van der Waals surface area contributed by atoms with E-state index >= 15 is 0 Å². The highest BCUT2D eigenvalue weighted by atomic mass is 14.6. The predicted molar refractivity (Wildman–Crippen MR) is 94.4 cm³/mol. The van der Waals surface area contributed by atoms with Gasteiger partial charge in [0.2, 0.25) is 0 Å². The zero-order valence-corrected chi connectivity index (χ0v) is 15.7. The first-order valence-corrected chi connectivity index (χ1v) is 9.88. The summed E-state index contributed by atoms with van der Waals surface area (Å²) in [6.45, 7) is 15.2. The Morgan fingerprint density at radius 1 is 0.667 bits per heavy atom. The Bertz CT molecular complexity index is 319. The highest BCUT2D eigenvalue weighted by Crippen LogP contribution is 2.66. The second-order valence-electron chi connectivity index (χ2n) is 9.16. The lowest BCUT2D eigenvalue weighted by Crippen LogP contribution is -2.56. The van der Waals surface area contributed by atoms with Crippen LogP contribution in [0.15, 0.2) is 0 Å². The molecule has 2 atom stereocenters. The van der Waals surface area contributed by atoms with Gasteiger partial charge in [0.25, 0.3) is 0 Å². The first-order valence-electron chi connectivity index (χ1n) is 9.88. The van der Waals surface area contributed by atoms with Crippen LogP contribution in [0.1, 0.15) is 99.3 Å². The third kappa shape index (κ3) is 2.70. The summed E-state index contributed by atoms with van der Waals surface area (Å²) < 4.78 is 0. The van der Waals surface area contributed by atoms with Crippen molar-refractivity contribution in [3.63, 3.8) is 0 Å². The SMILES string of the molecule is CC(C)C1CCCCC1(C(C)C)C1(C(C)C)CCCCC1. The van der Waals surface area contributed by atoms with Gasteiger partial charge < -0.3 is 0 Å². The van der Waals surface area contributed by atoms with Gasteiger partial charge in [0, 0.05) is 0 Å². The molecule has 2 fully saturated rings. The van der Waals surface area contributed by atoms with Gasteiger partial charge in [-0.2, -0.15) is 0 Å². The number of hydrogen-bond acceptors (Lipinski definition) is 0. The lowest BCUT2D eigenvalue weighted by molar-refractivity contribution is -0.150. The molecule has 0 heteroatoms. The molecule has 2 unspecified atom stereocenters. The van der Waals surface area contributed by atoms with Gasteiger partial charge in [-0.1, -0.05) is 73.6 Å².